The van der Waals surface area contributed by atoms with Crippen LogP contribution >= 0.6 is 15.9 Å². The summed E-state index contributed by atoms with van der Waals surface area (Å²) in [4.78, 5) is 22.5. The number of ether oxygens (including phenoxy) is 2. The first kappa shape index (κ1) is 19.4. The number of hydrogen-bond acceptors (Lipinski definition) is 6. The first-order valence-corrected chi connectivity index (χ1v) is 8.21. The molecule has 0 unspecified atom stereocenters. The minimum atomic E-state index is -0.523. The van der Waals surface area contributed by atoms with Crippen molar-refractivity contribution >= 4 is 33.7 Å². The van der Waals surface area contributed by atoms with Gasteiger partial charge in [0.1, 0.15) is 0 Å². The Bertz CT molecular complexity index is 854. The van der Waals surface area contributed by atoms with Crippen molar-refractivity contribution in [2.75, 3.05) is 14.2 Å². The number of hydrazone groups is 1. The molecule has 0 radical (unpaired) electrons. The molecule has 0 atom stereocenters. The van der Waals surface area contributed by atoms with Crippen molar-refractivity contribution in [2.24, 2.45) is 5.10 Å². The number of nitro benzene ring substituents is 1. The molecule has 0 aliphatic rings. The van der Waals surface area contributed by atoms with Crippen LogP contribution in [-0.2, 0) is 11.2 Å². The summed E-state index contributed by atoms with van der Waals surface area (Å²) in [6.45, 7) is 0. The van der Waals surface area contributed by atoms with Crippen LogP contribution in [0.5, 0.6) is 11.5 Å². The molecule has 0 aliphatic carbocycles. The molecule has 0 aliphatic heterocycles. The van der Waals surface area contributed by atoms with Crippen LogP contribution in [0.2, 0.25) is 0 Å². The Morgan fingerprint density at radius 2 is 2.04 bits per heavy atom. The first-order valence-electron chi connectivity index (χ1n) is 7.42. The molecule has 0 bridgehead atoms. The molecule has 26 heavy (non-hydrogen) atoms. The molecular weight excluding hydrogens is 406 g/mol. The molecule has 1 amide bonds. The summed E-state index contributed by atoms with van der Waals surface area (Å²) in [5.74, 6) is 0.499. The number of nitrogens with zero attached hydrogens (tertiary/aromatic N) is 2. The Labute approximate surface area is 158 Å². The minimum absolute atomic E-state index is 0.106. The predicted octanol–water partition coefficient (Wildman–Crippen LogP) is 3.07. The number of para-hydroxylation sites is 1. The van der Waals surface area contributed by atoms with E-state index in [9.17, 15) is 14.9 Å². The zero-order valence-corrected chi connectivity index (χ0v) is 15.6. The van der Waals surface area contributed by atoms with E-state index in [1.165, 1.54) is 32.6 Å². The number of methoxy groups -OCH3 is 2. The second-order valence-corrected chi connectivity index (χ2v) is 6.00. The van der Waals surface area contributed by atoms with Crippen LogP contribution < -0.4 is 14.9 Å². The average molecular weight is 422 g/mol. The Morgan fingerprint density at radius 1 is 1.31 bits per heavy atom. The molecular formula is C17H16BrN3O5. The van der Waals surface area contributed by atoms with Crippen LogP contribution in [0.15, 0.2) is 46.0 Å². The van der Waals surface area contributed by atoms with Gasteiger partial charge in [-0.25, -0.2) is 5.43 Å². The third-order valence-electron chi connectivity index (χ3n) is 3.40. The summed E-state index contributed by atoms with van der Waals surface area (Å²) < 4.78 is 11.3. The SMILES string of the molecule is COc1cc(Br)cc(/C=N/NC(=O)Cc2ccccc2[N+](=O)[O-])c1OC. The van der Waals surface area contributed by atoms with E-state index in [0.29, 0.717) is 22.6 Å². The Hall–Kier alpha value is -2.94. The van der Waals surface area contributed by atoms with E-state index in [-0.39, 0.29) is 12.1 Å². The number of hydrogen-bond donors (Lipinski definition) is 1. The predicted molar refractivity (Wildman–Crippen MR) is 99.8 cm³/mol. The summed E-state index contributed by atoms with van der Waals surface area (Å²) in [5, 5.41) is 14.9. The third-order valence-corrected chi connectivity index (χ3v) is 3.86. The number of amides is 1. The van der Waals surface area contributed by atoms with Crippen molar-refractivity contribution in [1.29, 1.82) is 0 Å². The van der Waals surface area contributed by atoms with Gasteiger partial charge in [0.25, 0.3) is 5.69 Å². The van der Waals surface area contributed by atoms with E-state index in [2.05, 4.69) is 26.5 Å². The molecule has 0 aromatic heterocycles. The van der Waals surface area contributed by atoms with Crippen molar-refractivity contribution in [3.8, 4) is 11.5 Å². The van der Waals surface area contributed by atoms with Gasteiger partial charge in [-0.1, -0.05) is 34.1 Å². The number of nitro groups is 1. The van der Waals surface area contributed by atoms with Crippen LogP contribution in [0.1, 0.15) is 11.1 Å². The fourth-order valence-electron chi connectivity index (χ4n) is 2.28. The van der Waals surface area contributed by atoms with Crippen LogP contribution in [0.4, 0.5) is 5.69 Å². The highest BCUT2D eigenvalue weighted by molar-refractivity contribution is 9.10. The third kappa shape index (κ3) is 4.79. The van der Waals surface area contributed by atoms with Gasteiger partial charge >= 0.3 is 0 Å². The summed E-state index contributed by atoms with van der Waals surface area (Å²) in [7, 11) is 3.01. The molecule has 0 spiro atoms. The van der Waals surface area contributed by atoms with E-state index < -0.39 is 10.8 Å². The monoisotopic (exact) mass is 421 g/mol. The largest absolute Gasteiger partial charge is 0.493 e. The van der Waals surface area contributed by atoms with Crippen molar-refractivity contribution in [3.63, 3.8) is 0 Å². The molecule has 0 fully saturated rings. The van der Waals surface area contributed by atoms with Gasteiger partial charge in [0, 0.05) is 21.7 Å². The highest BCUT2D eigenvalue weighted by atomic mass is 79.9. The Morgan fingerprint density at radius 3 is 2.69 bits per heavy atom. The highest BCUT2D eigenvalue weighted by Crippen LogP contribution is 2.33. The van der Waals surface area contributed by atoms with Crippen LogP contribution in [0.3, 0.4) is 0 Å². The zero-order valence-electron chi connectivity index (χ0n) is 14.1. The fraction of sp³-hybridized carbons (Fsp3) is 0.176. The lowest BCUT2D eigenvalue weighted by atomic mass is 10.1. The molecule has 0 saturated heterocycles. The summed E-state index contributed by atoms with van der Waals surface area (Å²) in [5.41, 5.74) is 3.14. The van der Waals surface area contributed by atoms with Crippen molar-refractivity contribution in [2.45, 2.75) is 6.42 Å². The van der Waals surface area contributed by atoms with Gasteiger partial charge < -0.3 is 9.47 Å². The lowest BCUT2D eigenvalue weighted by Gasteiger charge is -2.10. The minimum Gasteiger partial charge on any atom is -0.493 e. The molecule has 136 valence electrons. The number of benzene rings is 2. The summed E-state index contributed by atoms with van der Waals surface area (Å²) in [6, 6.07) is 9.55. The van der Waals surface area contributed by atoms with Crippen molar-refractivity contribution in [3.05, 3.63) is 62.1 Å². The number of carbonyl (C=O) groups excluding carboxylic acids is 1. The van der Waals surface area contributed by atoms with Crippen LogP contribution in [0, 0.1) is 10.1 Å². The average Bonchev–Trinajstić information content (AvgIpc) is 2.61. The maximum absolute atomic E-state index is 12.0. The topological polar surface area (TPSA) is 103 Å². The van der Waals surface area contributed by atoms with E-state index >= 15 is 0 Å². The number of rotatable bonds is 7. The zero-order chi connectivity index (χ0) is 19.1. The Kier molecular flexibility index (Phi) is 6.67. The molecule has 9 heteroatoms. The van der Waals surface area contributed by atoms with Gasteiger partial charge in [-0.15, -0.1) is 0 Å². The molecule has 1 N–H and O–H groups in total. The first-order chi connectivity index (χ1) is 12.5. The maximum Gasteiger partial charge on any atom is 0.273 e. The lowest BCUT2D eigenvalue weighted by molar-refractivity contribution is -0.385. The van der Waals surface area contributed by atoms with Gasteiger partial charge in [-0.2, -0.15) is 5.10 Å². The van der Waals surface area contributed by atoms with E-state index in [0.717, 1.165) is 4.47 Å². The van der Waals surface area contributed by atoms with E-state index in [1.54, 1.807) is 24.3 Å². The van der Waals surface area contributed by atoms with Gasteiger partial charge in [0.2, 0.25) is 5.91 Å². The van der Waals surface area contributed by atoms with E-state index in [1.807, 2.05) is 0 Å². The smallest absolute Gasteiger partial charge is 0.273 e. The van der Waals surface area contributed by atoms with Crippen LogP contribution in [0.25, 0.3) is 0 Å². The summed E-state index contributed by atoms with van der Waals surface area (Å²) in [6.07, 6.45) is 1.25. The quantitative estimate of drug-likeness (QED) is 0.420. The number of carbonyl (C=O) groups is 1. The number of halogens is 1. The normalized spacial score (nSPS) is 10.6. The maximum atomic E-state index is 12.0. The molecule has 8 nitrogen and oxygen atoms in total. The molecule has 0 heterocycles. The summed E-state index contributed by atoms with van der Waals surface area (Å²) >= 11 is 3.36. The van der Waals surface area contributed by atoms with Gasteiger partial charge in [-0.3, -0.25) is 14.9 Å². The van der Waals surface area contributed by atoms with Gasteiger partial charge in [0.05, 0.1) is 31.8 Å². The molecule has 2 rings (SSSR count). The van der Waals surface area contributed by atoms with Crippen molar-refractivity contribution < 1.29 is 19.2 Å². The number of nitrogens with one attached hydrogen (secondary N) is 1. The van der Waals surface area contributed by atoms with Gasteiger partial charge in [-0.05, 0) is 12.1 Å². The molecule has 0 saturated carbocycles. The molecule has 2 aromatic rings. The van der Waals surface area contributed by atoms with E-state index in [4.69, 9.17) is 9.47 Å². The van der Waals surface area contributed by atoms with Gasteiger partial charge in [0.15, 0.2) is 11.5 Å². The second kappa shape index (κ2) is 8.95. The fourth-order valence-corrected chi connectivity index (χ4v) is 2.73. The Balaban J connectivity index is 2.11. The van der Waals surface area contributed by atoms with Crippen molar-refractivity contribution in [1.82, 2.24) is 5.43 Å². The standard InChI is InChI=1S/C17H16BrN3O5/c1-25-15-9-13(18)7-12(17(15)26-2)10-19-20-16(22)8-11-5-3-4-6-14(11)21(23)24/h3-7,9-10H,8H2,1-2H3,(H,20,22)/b19-10+. The second-order valence-electron chi connectivity index (χ2n) is 5.09. The highest BCUT2D eigenvalue weighted by Gasteiger charge is 2.15. The van der Waals surface area contributed by atoms with Crippen LogP contribution in [-0.4, -0.2) is 31.3 Å². The molecule has 2 aromatic carbocycles. The lowest BCUT2D eigenvalue weighted by Crippen LogP contribution is -2.20.